The Balaban J connectivity index is 1.27. The predicted molar refractivity (Wildman–Crippen MR) is 100 cm³/mol. The number of aromatic nitrogens is 1. The highest BCUT2D eigenvalue weighted by molar-refractivity contribution is 5.82. The molecular formula is C20H24N4O3. The number of carbonyl (C=O) groups excluding carboxylic acids is 1. The first-order chi connectivity index (χ1) is 13.2. The molecule has 3 N–H and O–H groups in total. The average Bonchev–Trinajstić information content (AvgIpc) is 3.22. The normalized spacial score (nSPS) is 24.0. The summed E-state index contributed by atoms with van der Waals surface area (Å²) in [5, 5.41) is 3.05. The number of carbonyl (C=O) groups is 1. The van der Waals surface area contributed by atoms with Crippen LogP contribution < -0.4 is 25.6 Å². The van der Waals surface area contributed by atoms with Gasteiger partial charge in [0, 0.05) is 24.7 Å². The van der Waals surface area contributed by atoms with Crippen molar-refractivity contribution < 1.29 is 14.3 Å². The molecule has 0 bridgehead atoms. The molecule has 3 atom stereocenters. The maximum atomic E-state index is 12.5. The standard InChI is InChI=1S/C20H24N4O3/c1-26-15-6-5-14-8-13(12-27-19(14)9-15)11-22-20(25)18-10-17(23-24-18)16-4-2-3-7-21-16/h2-7,9,13,17-18,23-24H,8,10-12H2,1H3,(H,22,25). The van der Waals surface area contributed by atoms with Gasteiger partial charge in [-0.15, -0.1) is 0 Å². The molecule has 0 spiro atoms. The molecule has 0 saturated carbocycles. The van der Waals surface area contributed by atoms with Crippen LogP contribution in [0.25, 0.3) is 0 Å². The molecule has 2 aliphatic rings. The Morgan fingerprint density at radius 1 is 1.33 bits per heavy atom. The quantitative estimate of drug-likeness (QED) is 0.739. The number of hydrogen-bond acceptors (Lipinski definition) is 6. The Bertz CT molecular complexity index is 799. The highest BCUT2D eigenvalue weighted by Gasteiger charge is 2.31. The Labute approximate surface area is 158 Å². The van der Waals surface area contributed by atoms with E-state index in [-0.39, 0.29) is 23.9 Å². The van der Waals surface area contributed by atoms with Crippen LogP contribution in [-0.4, -0.2) is 37.2 Å². The van der Waals surface area contributed by atoms with Crippen molar-refractivity contribution in [3.05, 3.63) is 53.9 Å². The molecule has 7 nitrogen and oxygen atoms in total. The lowest BCUT2D eigenvalue weighted by Crippen LogP contribution is -2.45. The van der Waals surface area contributed by atoms with Gasteiger partial charge in [0.2, 0.25) is 5.91 Å². The summed E-state index contributed by atoms with van der Waals surface area (Å²) < 4.78 is 11.1. The lowest BCUT2D eigenvalue weighted by atomic mass is 9.96. The maximum absolute atomic E-state index is 12.5. The van der Waals surface area contributed by atoms with Crippen LogP contribution >= 0.6 is 0 Å². The highest BCUT2D eigenvalue weighted by atomic mass is 16.5. The number of nitrogens with zero attached hydrogens (tertiary/aromatic N) is 1. The molecule has 7 heteroatoms. The molecular weight excluding hydrogens is 344 g/mol. The molecule has 1 amide bonds. The molecule has 2 aromatic rings. The first-order valence-electron chi connectivity index (χ1n) is 9.22. The minimum absolute atomic E-state index is 0.00135. The Kier molecular flexibility index (Phi) is 5.22. The van der Waals surface area contributed by atoms with Crippen molar-refractivity contribution in [2.45, 2.75) is 24.9 Å². The zero-order valence-electron chi connectivity index (χ0n) is 15.3. The molecule has 0 aliphatic carbocycles. The molecule has 3 heterocycles. The van der Waals surface area contributed by atoms with Crippen LogP contribution in [0.3, 0.4) is 0 Å². The SMILES string of the molecule is COc1ccc2c(c1)OCC(CNC(=O)C1CC(c3ccccn3)NN1)C2. The summed E-state index contributed by atoms with van der Waals surface area (Å²) >= 11 is 0. The van der Waals surface area contributed by atoms with Gasteiger partial charge in [-0.2, -0.15) is 0 Å². The second-order valence-corrected chi connectivity index (χ2v) is 6.98. The van der Waals surface area contributed by atoms with Gasteiger partial charge >= 0.3 is 0 Å². The average molecular weight is 368 g/mol. The van der Waals surface area contributed by atoms with Gasteiger partial charge in [0.15, 0.2) is 0 Å². The van der Waals surface area contributed by atoms with Crippen molar-refractivity contribution >= 4 is 5.91 Å². The van der Waals surface area contributed by atoms with E-state index in [1.54, 1.807) is 13.3 Å². The number of pyridine rings is 1. The van der Waals surface area contributed by atoms with Crippen molar-refractivity contribution in [3.63, 3.8) is 0 Å². The van der Waals surface area contributed by atoms with Crippen LogP contribution in [-0.2, 0) is 11.2 Å². The molecule has 1 aromatic heterocycles. The molecule has 1 fully saturated rings. The summed E-state index contributed by atoms with van der Waals surface area (Å²) in [7, 11) is 1.65. The van der Waals surface area contributed by atoms with Gasteiger partial charge in [0.05, 0.1) is 25.5 Å². The number of hydrogen-bond donors (Lipinski definition) is 3. The van der Waals surface area contributed by atoms with E-state index in [0.717, 1.165) is 29.2 Å². The van der Waals surface area contributed by atoms with Gasteiger partial charge in [-0.1, -0.05) is 12.1 Å². The fraction of sp³-hybridized carbons (Fsp3) is 0.400. The molecule has 2 aliphatic heterocycles. The Hall–Kier alpha value is -2.64. The predicted octanol–water partition coefficient (Wildman–Crippen LogP) is 1.37. The third-order valence-corrected chi connectivity index (χ3v) is 5.09. The van der Waals surface area contributed by atoms with Gasteiger partial charge in [-0.05, 0) is 36.6 Å². The number of hydrazine groups is 1. The van der Waals surface area contributed by atoms with E-state index in [1.165, 1.54) is 0 Å². The molecule has 3 unspecified atom stereocenters. The van der Waals surface area contributed by atoms with Gasteiger partial charge in [0.1, 0.15) is 17.5 Å². The third-order valence-electron chi connectivity index (χ3n) is 5.09. The van der Waals surface area contributed by atoms with Crippen molar-refractivity contribution in [1.82, 2.24) is 21.2 Å². The molecule has 1 saturated heterocycles. The van der Waals surface area contributed by atoms with Crippen LogP contribution in [0.4, 0.5) is 0 Å². The highest BCUT2D eigenvalue weighted by Crippen LogP contribution is 2.30. The lowest BCUT2D eigenvalue weighted by Gasteiger charge is -2.26. The fourth-order valence-electron chi connectivity index (χ4n) is 3.55. The Morgan fingerprint density at radius 2 is 2.26 bits per heavy atom. The summed E-state index contributed by atoms with van der Waals surface area (Å²) in [6.45, 7) is 1.18. The van der Waals surface area contributed by atoms with Crippen molar-refractivity contribution in [1.29, 1.82) is 0 Å². The van der Waals surface area contributed by atoms with Crippen LogP contribution in [0.2, 0.25) is 0 Å². The van der Waals surface area contributed by atoms with E-state index in [9.17, 15) is 4.79 Å². The van der Waals surface area contributed by atoms with Crippen molar-refractivity contribution in [2.75, 3.05) is 20.3 Å². The zero-order valence-corrected chi connectivity index (χ0v) is 15.3. The first kappa shape index (κ1) is 17.8. The number of benzene rings is 1. The number of amides is 1. The molecule has 0 radical (unpaired) electrons. The molecule has 27 heavy (non-hydrogen) atoms. The van der Waals surface area contributed by atoms with E-state index in [1.807, 2.05) is 36.4 Å². The van der Waals surface area contributed by atoms with E-state index < -0.39 is 0 Å². The summed E-state index contributed by atoms with van der Waals surface area (Å²) in [6, 6.07) is 11.5. The number of methoxy groups -OCH3 is 1. The summed E-state index contributed by atoms with van der Waals surface area (Å²) in [5.41, 5.74) is 8.32. The fourth-order valence-corrected chi connectivity index (χ4v) is 3.55. The van der Waals surface area contributed by atoms with E-state index >= 15 is 0 Å². The monoisotopic (exact) mass is 368 g/mol. The summed E-state index contributed by atoms with van der Waals surface area (Å²) in [6.07, 6.45) is 3.32. The molecule has 1 aromatic carbocycles. The Morgan fingerprint density at radius 3 is 3.07 bits per heavy atom. The van der Waals surface area contributed by atoms with Crippen LogP contribution in [0.5, 0.6) is 11.5 Å². The van der Waals surface area contributed by atoms with Crippen LogP contribution in [0.15, 0.2) is 42.6 Å². The number of nitrogens with one attached hydrogen (secondary N) is 3. The van der Waals surface area contributed by atoms with E-state index in [0.29, 0.717) is 19.6 Å². The minimum atomic E-state index is -0.266. The van der Waals surface area contributed by atoms with Crippen molar-refractivity contribution in [3.8, 4) is 11.5 Å². The van der Waals surface area contributed by atoms with Gasteiger partial charge in [0.25, 0.3) is 0 Å². The smallest absolute Gasteiger partial charge is 0.238 e. The summed E-state index contributed by atoms with van der Waals surface area (Å²) in [4.78, 5) is 16.9. The maximum Gasteiger partial charge on any atom is 0.238 e. The van der Waals surface area contributed by atoms with Crippen molar-refractivity contribution in [2.24, 2.45) is 5.92 Å². The molecule has 142 valence electrons. The topological polar surface area (TPSA) is 84.5 Å². The van der Waals surface area contributed by atoms with E-state index in [2.05, 4.69) is 21.2 Å². The van der Waals surface area contributed by atoms with Crippen LogP contribution in [0, 0.1) is 5.92 Å². The van der Waals surface area contributed by atoms with Gasteiger partial charge < -0.3 is 14.8 Å². The number of rotatable bonds is 5. The number of fused-ring (bicyclic) bond motifs is 1. The summed E-state index contributed by atoms with van der Waals surface area (Å²) in [5.74, 6) is 1.93. The largest absolute Gasteiger partial charge is 0.497 e. The first-order valence-corrected chi connectivity index (χ1v) is 9.22. The number of ether oxygens (including phenoxy) is 2. The van der Waals surface area contributed by atoms with Gasteiger partial charge in [-0.3, -0.25) is 9.78 Å². The second-order valence-electron chi connectivity index (χ2n) is 6.98. The zero-order chi connectivity index (χ0) is 18.6. The molecule has 4 rings (SSSR count). The van der Waals surface area contributed by atoms with Crippen LogP contribution in [0.1, 0.15) is 23.7 Å². The van der Waals surface area contributed by atoms with Gasteiger partial charge in [-0.25, -0.2) is 10.9 Å². The lowest BCUT2D eigenvalue weighted by molar-refractivity contribution is -0.123. The second kappa shape index (κ2) is 7.94. The minimum Gasteiger partial charge on any atom is -0.497 e. The van der Waals surface area contributed by atoms with E-state index in [4.69, 9.17) is 9.47 Å². The third kappa shape index (κ3) is 4.04.